The van der Waals surface area contributed by atoms with Gasteiger partial charge in [0.05, 0.1) is 11.6 Å². The largest absolute Gasteiger partial charge is 0.385 e. The average Bonchev–Trinajstić information content (AvgIpc) is 3.15. The summed E-state index contributed by atoms with van der Waals surface area (Å²) in [6, 6.07) is 3.81. The minimum absolute atomic E-state index is 0.0129. The molecule has 0 aromatic heterocycles. The molecule has 0 aliphatic heterocycles. The Labute approximate surface area is 111 Å². The van der Waals surface area contributed by atoms with E-state index in [1.807, 2.05) is 0 Å². The maximum absolute atomic E-state index is 13.7. The first-order chi connectivity index (χ1) is 9.10. The Morgan fingerprint density at radius 3 is 2.47 bits per heavy atom. The van der Waals surface area contributed by atoms with E-state index in [0.717, 1.165) is 31.4 Å². The molecule has 0 radical (unpaired) electrons. The Balaban J connectivity index is 2.02. The molecule has 0 saturated heterocycles. The molecule has 1 aliphatic carbocycles. The highest BCUT2D eigenvalue weighted by molar-refractivity contribution is 5.50. The van der Waals surface area contributed by atoms with Gasteiger partial charge in [-0.2, -0.15) is 5.26 Å². The molecule has 5 heteroatoms. The van der Waals surface area contributed by atoms with E-state index in [2.05, 4.69) is 5.32 Å². The topological polar surface area (TPSA) is 45.0 Å². The quantitative estimate of drug-likeness (QED) is 0.860. The zero-order valence-corrected chi connectivity index (χ0v) is 10.8. The number of anilines is 1. The molecule has 1 saturated carbocycles. The fourth-order valence-corrected chi connectivity index (χ4v) is 2.09. The van der Waals surface area contributed by atoms with Crippen LogP contribution >= 0.6 is 0 Å². The molecule has 3 nitrogen and oxygen atoms in total. The van der Waals surface area contributed by atoms with E-state index in [1.54, 1.807) is 13.2 Å². The van der Waals surface area contributed by atoms with Crippen LogP contribution in [0.1, 0.15) is 24.8 Å². The highest BCUT2D eigenvalue weighted by Crippen LogP contribution is 2.48. The molecule has 102 valence electrons. The normalized spacial score (nSPS) is 15.9. The monoisotopic (exact) mass is 266 g/mol. The average molecular weight is 266 g/mol. The van der Waals surface area contributed by atoms with Crippen LogP contribution in [0, 0.1) is 28.4 Å². The van der Waals surface area contributed by atoms with Crippen molar-refractivity contribution in [2.75, 3.05) is 25.6 Å². The van der Waals surface area contributed by atoms with Gasteiger partial charge in [-0.05, 0) is 36.8 Å². The number of benzene rings is 1. The third-order valence-corrected chi connectivity index (χ3v) is 3.60. The summed E-state index contributed by atoms with van der Waals surface area (Å²) in [6.07, 6.45) is 2.97. The highest BCUT2D eigenvalue weighted by Gasteiger charge is 2.41. The SMILES string of the molecule is COCCC1(CNc2c(F)cc(C#N)cc2F)CC1. The summed E-state index contributed by atoms with van der Waals surface area (Å²) in [4.78, 5) is 0. The maximum Gasteiger partial charge on any atom is 0.150 e. The van der Waals surface area contributed by atoms with Crippen molar-refractivity contribution in [1.82, 2.24) is 0 Å². The second-order valence-corrected chi connectivity index (χ2v) is 5.02. The molecular weight excluding hydrogens is 250 g/mol. The highest BCUT2D eigenvalue weighted by atomic mass is 19.1. The van der Waals surface area contributed by atoms with Gasteiger partial charge >= 0.3 is 0 Å². The molecule has 0 unspecified atom stereocenters. The lowest BCUT2D eigenvalue weighted by Gasteiger charge is -2.17. The van der Waals surface area contributed by atoms with Crippen LogP contribution in [0.5, 0.6) is 0 Å². The number of methoxy groups -OCH3 is 1. The molecule has 0 amide bonds. The summed E-state index contributed by atoms with van der Waals surface area (Å²) in [6.45, 7) is 1.18. The zero-order valence-electron chi connectivity index (χ0n) is 10.8. The van der Waals surface area contributed by atoms with Crippen molar-refractivity contribution in [2.45, 2.75) is 19.3 Å². The predicted molar refractivity (Wildman–Crippen MR) is 67.7 cm³/mol. The Morgan fingerprint density at radius 1 is 1.37 bits per heavy atom. The van der Waals surface area contributed by atoms with Crippen molar-refractivity contribution in [2.24, 2.45) is 5.41 Å². The van der Waals surface area contributed by atoms with E-state index in [1.165, 1.54) is 0 Å². The van der Waals surface area contributed by atoms with E-state index in [-0.39, 0.29) is 16.7 Å². The number of halogens is 2. The first-order valence-corrected chi connectivity index (χ1v) is 6.22. The molecule has 0 atom stereocenters. The second-order valence-electron chi connectivity index (χ2n) is 5.02. The van der Waals surface area contributed by atoms with Gasteiger partial charge in [-0.1, -0.05) is 0 Å². The first-order valence-electron chi connectivity index (χ1n) is 6.22. The van der Waals surface area contributed by atoms with Crippen molar-refractivity contribution < 1.29 is 13.5 Å². The molecule has 2 rings (SSSR count). The van der Waals surface area contributed by atoms with Crippen LogP contribution in [0.15, 0.2) is 12.1 Å². The van der Waals surface area contributed by atoms with Crippen molar-refractivity contribution in [3.05, 3.63) is 29.3 Å². The van der Waals surface area contributed by atoms with Crippen LogP contribution in [-0.4, -0.2) is 20.3 Å². The molecule has 1 aliphatic rings. The lowest BCUT2D eigenvalue weighted by Crippen LogP contribution is -2.18. The predicted octanol–water partition coefficient (Wildman–Crippen LogP) is 3.07. The lowest BCUT2D eigenvalue weighted by atomic mass is 10.0. The van der Waals surface area contributed by atoms with Crippen LogP contribution in [0.4, 0.5) is 14.5 Å². The number of nitriles is 1. The molecule has 1 aromatic rings. The van der Waals surface area contributed by atoms with Crippen molar-refractivity contribution in [3.63, 3.8) is 0 Å². The number of ether oxygens (including phenoxy) is 1. The molecular formula is C14H16F2N2O. The van der Waals surface area contributed by atoms with Gasteiger partial charge in [-0.3, -0.25) is 0 Å². The van der Waals surface area contributed by atoms with Gasteiger partial charge < -0.3 is 10.1 Å². The van der Waals surface area contributed by atoms with E-state index < -0.39 is 11.6 Å². The van der Waals surface area contributed by atoms with Gasteiger partial charge in [0.25, 0.3) is 0 Å². The Morgan fingerprint density at radius 2 is 2.00 bits per heavy atom. The number of nitrogens with zero attached hydrogens (tertiary/aromatic N) is 1. The standard InChI is InChI=1S/C14H16F2N2O/c1-19-5-4-14(2-3-14)9-18-13-11(15)6-10(8-17)7-12(13)16/h6-7,18H,2-5,9H2,1H3. The number of hydrogen-bond donors (Lipinski definition) is 1. The minimum Gasteiger partial charge on any atom is -0.385 e. The van der Waals surface area contributed by atoms with Gasteiger partial charge in [0, 0.05) is 20.3 Å². The van der Waals surface area contributed by atoms with Crippen molar-refractivity contribution in [3.8, 4) is 6.07 Å². The van der Waals surface area contributed by atoms with E-state index in [9.17, 15) is 8.78 Å². The lowest BCUT2D eigenvalue weighted by molar-refractivity contribution is 0.175. The second kappa shape index (κ2) is 5.54. The van der Waals surface area contributed by atoms with Crippen LogP contribution in [-0.2, 0) is 4.74 Å². The number of hydrogen-bond acceptors (Lipinski definition) is 3. The smallest absolute Gasteiger partial charge is 0.150 e. The van der Waals surface area contributed by atoms with Crippen LogP contribution < -0.4 is 5.32 Å². The summed E-state index contributed by atoms with van der Waals surface area (Å²) in [7, 11) is 1.64. The molecule has 0 heterocycles. The summed E-state index contributed by atoms with van der Waals surface area (Å²) in [5.41, 5.74) is -0.0632. The summed E-state index contributed by atoms with van der Waals surface area (Å²) < 4.78 is 32.4. The van der Waals surface area contributed by atoms with Crippen LogP contribution in [0.2, 0.25) is 0 Å². The molecule has 0 bridgehead atoms. The van der Waals surface area contributed by atoms with Gasteiger partial charge in [0.1, 0.15) is 5.69 Å². The molecule has 19 heavy (non-hydrogen) atoms. The third kappa shape index (κ3) is 3.21. The van der Waals surface area contributed by atoms with E-state index >= 15 is 0 Å². The van der Waals surface area contributed by atoms with Gasteiger partial charge in [0.15, 0.2) is 11.6 Å². The summed E-state index contributed by atoms with van der Waals surface area (Å²) >= 11 is 0. The fraction of sp³-hybridized carbons (Fsp3) is 0.500. The first kappa shape index (κ1) is 13.8. The van der Waals surface area contributed by atoms with Crippen LogP contribution in [0.25, 0.3) is 0 Å². The number of rotatable bonds is 6. The fourth-order valence-electron chi connectivity index (χ4n) is 2.09. The summed E-state index contributed by atoms with van der Waals surface area (Å²) in [5, 5.41) is 11.5. The van der Waals surface area contributed by atoms with Gasteiger partial charge in [-0.25, -0.2) is 8.78 Å². The Kier molecular flexibility index (Phi) is 4.01. The van der Waals surface area contributed by atoms with Gasteiger partial charge in [0.2, 0.25) is 0 Å². The van der Waals surface area contributed by atoms with Crippen molar-refractivity contribution >= 4 is 5.69 Å². The van der Waals surface area contributed by atoms with Gasteiger partial charge in [-0.15, -0.1) is 0 Å². The van der Waals surface area contributed by atoms with Crippen molar-refractivity contribution in [1.29, 1.82) is 5.26 Å². The van der Waals surface area contributed by atoms with E-state index in [0.29, 0.717) is 13.2 Å². The molecule has 1 fully saturated rings. The summed E-state index contributed by atoms with van der Waals surface area (Å²) in [5.74, 6) is -1.45. The molecule has 1 N–H and O–H groups in total. The number of nitrogens with one attached hydrogen (secondary N) is 1. The Bertz CT molecular complexity index is 484. The molecule has 1 aromatic carbocycles. The Hall–Kier alpha value is -1.67. The maximum atomic E-state index is 13.7. The zero-order chi connectivity index (χ0) is 13.9. The molecule has 0 spiro atoms. The minimum atomic E-state index is -0.723. The van der Waals surface area contributed by atoms with E-state index in [4.69, 9.17) is 10.00 Å². The van der Waals surface area contributed by atoms with Crippen LogP contribution in [0.3, 0.4) is 0 Å². The third-order valence-electron chi connectivity index (χ3n) is 3.60.